The van der Waals surface area contributed by atoms with Gasteiger partial charge in [0.1, 0.15) is 10.4 Å². The lowest BCUT2D eigenvalue weighted by Gasteiger charge is -2.28. The van der Waals surface area contributed by atoms with Gasteiger partial charge in [-0.15, -0.1) is 36.2 Å². The van der Waals surface area contributed by atoms with Crippen molar-refractivity contribution < 1.29 is 5.11 Å². The van der Waals surface area contributed by atoms with Crippen molar-refractivity contribution >= 4 is 63.2 Å². The zero-order chi connectivity index (χ0) is 17.4. The number of aromatic nitrogens is 1. The Hall–Kier alpha value is -1.57. The highest BCUT2D eigenvalue weighted by Crippen LogP contribution is 2.33. The Kier molecular flexibility index (Phi) is 7.31. The van der Waals surface area contributed by atoms with Gasteiger partial charge in [0.15, 0.2) is 0 Å². The molecular weight excluding hydrogens is 405 g/mol. The number of halogens is 2. The zero-order valence-electron chi connectivity index (χ0n) is 14.7. The third-order valence-electron chi connectivity index (χ3n) is 4.89. The van der Waals surface area contributed by atoms with Crippen molar-refractivity contribution in [1.82, 2.24) is 9.88 Å². The van der Waals surface area contributed by atoms with Gasteiger partial charge in [-0.1, -0.05) is 12.2 Å². The van der Waals surface area contributed by atoms with Gasteiger partial charge in [0.25, 0.3) is 5.56 Å². The first-order chi connectivity index (χ1) is 12.1. The summed E-state index contributed by atoms with van der Waals surface area (Å²) in [5, 5.41) is 14.1. The monoisotopic (exact) mass is 427 g/mol. The highest BCUT2D eigenvalue weighted by atomic mass is 35.5. The minimum absolute atomic E-state index is 0. The number of piperidine rings is 1. The van der Waals surface area contributed by atoms with Crippen molar-refractivity contribution in [1.29, 1.82) is 0 Å². The third kappa shape index (κ3) is 4.31. The summed E-state index contributed by atoms with van der Waals surface area (Å²) in [5.74, 6) is 0.226. The Bertz CT molecular complexity index is 1010. The fourth-order valence-corrected chi connectivity index (χ4v) is 4.28. The Labute approximate surface area is 173 Å². The molecule has 0 unspecified atom stereocenters. The van der Waals surface area contributed by atoms with Crippen LogP contribution in [-0.2, 0) is 0 Å². The van der Waals surface area contributed by atoms with Gasteiger partial charge in [-0.05, 0) is 49.5 Å². The molecule has 0 bridgehead atoms. The van der Waals surface area contributed by atoms with E-state index in [-0.39, 0.29) is 36.1 Å². The molecule has 1 aliphatic rings. The van der Waals surface area contributed by atoms with Crippen molar-refractivity contribution in [2.75, 3.05) is 19.6 Å². The quantitative estimate of drug-likeness (QED) is 0.594. The minimum atomic E-state index is -0.0808. The predicted molar refractivity (Wildman–Crippen MR) is 119 cm³/mol. The van der Waals surface area contributed by atoms with Crippen LogP contribution in [0.2, 0.25) is 0 Å². The number of rotatable bonds is 3. The van der Waals surface area contributed by atoms with E-state index in [0.29, 0.717) is 10.7 Å². The maximum Gasteiger partial charge on any atom is 0.266 e. The number of nitrogens with one attached hydrogen (secondary N) is 1. The Balaban J connectivity index is 0.00000131. The van der Waals surface area contributed by atoms with Gasteiger partial charge in [0.2, 0.25) is 0 Å². The first-order valence-corrected chi connectivity index (χ1v) is 9.41. The molecule has 1 aliphatic heterocycles. The first kappa shape index (κ1) is 21.7. The predicted octanol–water partition coefficient (Wildman–Crippen LogP) is 3.73. The maximum absolute atomic E-state index is 12.2. The van der Waals surface area contributed by atoms with Gasteiger partial charge in [-0.3, -0.25) is 9.69 Å². The van der Waals surface area contributed by atoms with Crippen LogP contribution >= 0.6 is 36.2 Å². The Morgan fingerprint density at radius 3 is 2.74 bits per heavy atom. The second-order valence-electron chi connectivity index (χ2n) is 6.58. The first-order valence-electron chi connectivity index (χ1n) is 8.53. The van der Waals surface area contributed by atoms with Crippen LogP contribution < -0.4 is 11.3 Å². The number of benzene rings is 1. The number of H-pyrrole nitrogens is 1. The molecule has 27 heavy (non-hydrogen) atoms. The van der Waals surface area contributed by atoms with Gasteiger partial charge >= 0.3 is 0 Å². The number of hydrogen-bond donors (Lipinski definition) is 3. The lowest BCUT2D eigenvalue weighted by molar-refractivity contribution is 0.234. The summed E-state index contributed by atoms with van der Waals surface area (Å²) in [4.78, 5) is 17.4. The van der Waals surface area contributed by atoms with Crippen LogP contribution in [0.1, 0.15) is 18.4 Å². The lowest BCUT2D eigenvalue weighted by atomic mass is 10.0. The molecule has 0 atom stereocenters. The number of aromatic hydroxyl groups is 1. The molecule has 4 rings (SSSR count). The van der Waals surface area contributed by atoms with Crippen molar-refractivity contribution in [3.8, 4) is 5.75 Å². The molecule has 0 aliphatic carbocycles. The highest BCUT2D eigenvalue weighted by Gasteiger charge is 2.15. The van der Waals surface area contributed by atoms with E-state index >= 15 is 0 Å². The van der Waals surface area contributed by atoms with Gasteiger partial charge in [-0.2, -0.15) is 0 Å². The second-order valence-corrected chi connectivity index (χ2v) is 7.49. The van der Waals surface area contributed by atoms with Crippen LogP contribution in [0, 0.1) is 0 Å². The maximum atomic E-state index is 12.2. The second kappa shape index (κ2) is 9.08. The number of nitrogens with zero attached hydrogens (tertiary/aromatic N) is 1. The van der Waals surface area contributed by atoms with Crippen molar-refractivity contribution in [3.05, 3.63) is 45.6 Å². The number of phenols is 1. The molecule has 0 amide bonds. The van der Waals surface area contributed by atoms with Crippen LogP contribution in [0.4, 0.5) is 0 Å². The summed E-state index contributed by atoms with van der Waals surface area (Å²) in [7, 11) is 0. The molecule has 0 spiro atoms. The molecule has 0 radical (unpaired) electrons. The molecule has 146 valence electrons. The summed E-state index contributed by atoms with van der Waals surface area (Å²) in [5.41, 5.74) is 7.37. The number of likely N-dealkylation sites (tertiary alicyclic amines) is 1. The van der Waals surface area contributed by atoms with E-state index in [9.17, 15) is 9.90 Å². The molecule has 8 heteroatoms. The summed E-state index contributed by atoms with van der Waals surface area (Å²) in [6, 6.07) is 5.66. The Morgan fingerprint density at radius 1 is 1.26 bits per heavy atom. The van der Waals surface area contributed by atoms with Gasteiger partial charge in [0.05, 0.1) is 0 Å². The average Bonchev–Trinajstić information content (AvgIpc) is 3.09. The van der Waals surface area contributed by atoms with Gasteiger partial charge in [0, 0.05) is 34.4 Å². The van der Waals surface area contributed by atoms with Crippen molar-refractivity contribution in [3.63, 3.8) is 0 Å². The number of aromatic amines is 1. The van der Waals surface area contributed by atoms with Crippen LogP contribution in [0.5, 0.6) is 5.75 Å². The Morgan fingerprint density at radius 2 is 2.00 bits per heavy atom. The van der Waals surface area contributed by atoms with Gasteiger partial charge in [-0.25, -0.2) is 0 Å². The van der Waals surface area contributed by atoms with Crippen LogP contribution in [0.15, 0.2) is 34.4 Å². The molecule has 2 aromatic heterocycles. The molecule has 1 fully saturated rings. The molecule has 3 heterocycles. The van der Waals surface area contributed by atoms with E-state index in [0.717, 1.165) is 54.3 Å². The van der Waals surface area contributed by atoms with Crippen LogP contribution in [-0.4, -0.2) is 40.7 Å². The zero-order valence-corrected chi connectivity index (χ0v) is 17.1. The van der Waals surface area contributed by atoms with Crippen molar-refractivity contribution in [2.24, 2.45) is 5.73 Å². The van der Waals surface area contributed by atoms with Crippen LogP contribution in [0.25, 0.3) is 27.1 Å². The lowest BCUT2D eigenvalue weighted by Crippen LogP contribution is -2.39. The molecule has 3 aromatic rings. The number of pyridine rings is 1. The number of thiophene rings is 1. The average molecular weight is 428 g/mol. The molecule has 1 aromatic carbocycles. The van der Waals surface area contributed by atoms with E-state index in [2.05, 4.69) is 16.0 Å². The fraction of sp³-hybridized carbons (Fsp3) is 0.316. The molecule has 1 saturated heterocycles. The number of phenolic OH excluding ortho intramolecular Hbond substituents is 1. The summed E-state index contributed by atoms with van der Waals surface area (Å²) >= 11 is 1.42. The topological polar surface area (TPSA) is 82.3 Å². The SMILES string of the molecule is Cl.Cl.NC1CCN(CC=Cc2c(O)ccc3[nH]c(=O)c4sccc4c23)CC1. The molecule has 0 saturated carbocycles. The number of nitrogens with two attached hydrogens (primary N) is 1. The summed E-state index contributed by atoms with van der Waals surface area (Å²) < 4.78 is 0.692. The summed E-state index contributed by atoms with van der Waals surface area (Å²) in [6.45, 7) is 2.85. The van der Waals surface area contributed by atoms with Crippen LogP contribution in [0.3, 0.4) is 0 Å². The minimum Gasteiger partial charge on any atom is -0.507 e. The molecule has 4 N–H and O–H groups in total. The van der Waals surface area contributed by atoms with E-state index < -0.39 is 0 Å². The van der Waals surface area contributed by atoms with Crippen molar-refractivity contribution in [2.45, 2.75) is 18.9 Å². The summed E-state index contributed by atoms with van der Waals surface area (Å²) in [6.07, 6.45) is 6.10. The van der Waals surface area contributed by atoms with Gasteiger partial charge < -0.3 is 15.8 Å². The smallest absolute Gasteiger partial charge is 0.266 e. The number of fused-ring (bicyclic) bond motifs is 3. The van der Waals surface area contributed by atoms with E-state index in [1.165, 1.54) is 11.3 Å². The fourth-order valence-electron chi connectivity index (χ4n) is 3.49. The normalized spacial score (nSPS) is 15.9. The molecule has 5 nitrogen and oxygen atoms in total. The highest BCUT2D eigenvalue weighted by molar-refractivity contribution is 7.17. The third-order valence-corrected chi connectivity index (χ3v) is 5.81. The largest absolute Gasteiger partial charge is 0.507 e. The number of hydrogen-bond acceptors (Lipinski definition) is 5. The standard InChI is InChI=1S/C19H21N3O2S.2ClH/c20-12-5-9-22(10-6-12)8-1-2-13-16(23)4-3-15-17(13)14-7-11-25-18(14)19(24)21-15;;/h1-4,7,11-12,23H,5-6,8-10,20H2,(H,21,24);2*1H. The van der Waals surface area contributed by atoms with E-state index in [1.54, 1.807) is 12.1 Å². The molecular formula is C19H23Cl2N3O2S. The van der Waals surface area contributed by atoms with E-state index in [4.69, 9.17) is 5.73 Å². The van der Waals surface area contributed by atoms with E-state index in [1.807, 2.05) is 17.5 Å².